The molecule has 2 rings (SSSR count). The summed E-state index contributed by atoms with van der Waals surface area (Å²) < 4.78 is 39.0. The number of halogens is 5. The topological polar surface area (TPSA) is 0 Å². The quantitative estimate of drug-likeness (QED) is 0.591. The smallest absolute Gasteiger partial charge is 0.166 e. The summed E-state index contributed by atoms with van der Waals surface area (Å²) >= 11 is 12.0. The van der Waals surface area contributed by atoms with Crippen molar-refractivity contribution >= 4 is 23.2 Å². The van der Waals surface area contributed by atoms with Gasteiger partial charge in [-0.3, -0.25) is 0 Å². The molecule has 0 atom stereocenters. The Morgan fingerprint density at radius 3 is 2.29 bits per heavy atom. The Morgan fingerprint density at radius 1 is 1.00 bits per heavy atom. The maximum absolute atomic E-state index is 13.0. The Hall–Kier alpha value is -1.19. The molecule has 2 aromatic carbocycles. The zero-order valence-corrected chi connectivity index (χ0v) is 12.8. The highest BCUT2D eigenvalue weighted by molar-refractivity contribution is 6.36. The first kappa shape index (κ1) is 16.2. The average molecular weight is 333 g/mol. The molecular weight excluding hydrogens is 320 g/mol. The van der Waals surface area contributed by atoms with Gasteiger partial charge in [-0.15, -0.1) is 0 Å². The Labute approximate surface area is 131 Å². The fourth-order valence-corrected chi connectivity index (χ4v) is 2.76. The highest BCUT2D eigenvalue weighted by Gasteiger charge is 2.33. The van der Waals surface area contributed by atoms with Gasteiger partial charge >= 0.3 is 6.18 Å². The lowest BCUT2D eigenvalue weighted by molar-refractivity contribution is -0.138. The van der Waals surface area contributed by atoms with E-state index in [1.165, 1.54) is 6.07 Å². The molecule has 0 N–H and O–H groups in total. The molecule has 0 saturated carbocycles. The first-order chi connectivity index (χ1) is 9.82. The van der Waals surface area contributed by atoms with E-state index in [0.717, 1.165) is 6.07 Å². The van der Waals surface area contributed by atoms with Gasteiger partial charge in [0.05, 0.1) is 5.56 Å². The van der Waals surface area contributed by atoms with Gasteiger partial charge in [-0.05, 0) is 35.7 Å². The minimum Gasteiger partial charge on any atom is -0.166 e. The summed E-state index contributed by atoms with van der Waals surface area (Å²) in [5, 5.41) is 0.911. The molecule has 0 heterocycles. The van der Waals surface area contributed by atoms with Gasteiger partial charge in [-0.1, -0.05) is 54.7 Å². The molecule has 0 saturated heterocycles. The minimum absolute atomic E-state index is 0.286. The van der Waals surface area contributed by atoms with Crippen molar-refractivity contribution in [3.8, 4) is 11.1 Å². The summed E-state index contributed by atoms with van der Waals surface area (Å²) in [7, 11) is 0. The van der Waals surface area contributed by atoms with Gasteiger partial charge in [0.2, 0.25) is 0 Å². The number of alkyl halides is 3. The molecule has 0 aromatic heterocycles. The van der Waals surface area contributed by atoms with Gasteiger partial charge < -0.3 is 0 Å². The molecule has 0 nitrogen and oxygen atoms in total. The predicted molar refractivity (Wildman–Crippen MR) is 80.9 cm³/mol. The van der Waals surface area contributed by atoms with Crippen LogP contribution in [0.25, 0.3) is 11.1 Å². The lowest BCUT2D eigenvalue weighted by Gasteiger charge is -2.14. The van der Waals surface area contributed by atoms with Gasteiger partial charge in [0.15, 0.2) is 0 Å². The van der Waals surface area contributed by atoms with Gasteiger partial charge in [0, 0.05) is 15.6 Å². The van der Waals surface area contributed by atoms with E-state index in [2.05, 4.69) is 0 Å². The van der Waals surface area contributed by atoms with Crippen molar-refractivity contribution < 1.29 is 13.2 Å². The molecule has 2 aromatic rings. The molecule has 21 heavy (non-hydrogen) atoms. The van der Waals surface area contributed by atoms with E-state index in [1.807, 2.05) is 6.92 Å². The standard InChI is InChI=1S/C16H13Cl2F3/c1-2-3-11-8-10(4-7-14(11)16(19,20)21)13-6-5-12(17)9-15(13)18/h4-9H,2-3H2,1H3. The third-order valence-corrected chi connectivity index (χ3v) is 3.72. The summed E-state index contributed by atoms with van der Waals surface area (Å²) in [6, 6.07) is 9.07. The predicted octanol–water partition coefficient (Wildman–Crippen LogP) is 6.63. The number of rotatable bonds is 3. The summed E-state index contributed by atoms with van der Waals surface area (Å²) in [4.78, 5) is 0. The van der Waals surface area contributed by atoms with Crippen LogP contribution >= 0.6 is 23.2 Å². The van der Waals surface area contributed by atoms with Gasteiger partial charge in [-0.2, -0.15) is 13.2 Å². The van der Waals surface area contributed by atoms with Crippen LogP contribution in [0, 0.1) is 0 Å². The first-order valence-electron chi connectivity index (χ1n) is 6.48. The molecule has 0 aliphatic rings. The lowest BCUT2D eigenvalue weighted by atomic mass is 9.96. The van der Waals surface area contributed by atoms with Crippen LogP contribution in [0.15, 0.2) is 36.4 Å². The molecule has 112 valence electrons. The molecule has 0 aliphatic heterocycles. The van der Waals surface area contributed by atoms with Crippen LogP contribution in [0.4, 0.5) is 13.2 Å². The van der Waals surface area contributed by atoms with Gasteiger partial charge in [0.25, 0.3) is 0 Å². The maximum atomic E-state index is 13.0. The van der Waals surface area contributed by atoms with Gasteiger partial charge in [-0.25, -0.2) is 0 Å². The van der Waals surface area contributed by atoms with Crippen LogP contribution in [0.5, 0.6) is 0 Å². The van der Waals surface area contributed by atoms with Crippen molar-refractivity contribution in [1.82, 2.24) is 0 Å². The third-order valence-electron chi connectivity index (χ3n) is 3.17. The number of aryl methyl sites for hydroxylation is 1. The first-order valence-corrected chi connectivity index (χ1v) is 7.24. The molecule has 0 fully saturated rings. The Balaban J connectivity index is 2.54. The summed E-state index contributed by atoms with van der Waals surface area (Å²) in [5.74, 6) is 0. The maximum Gasteiger partial charge on any atom is 0.416 e. The Kier molecular flexibility index (Phi) is 4.84. The van der Waals surface area contributed by atoms with E-state index >= 15 is 0 Å². The number of hydrogen-bond donors (Lipinski definition) is 0. The van der Waals surface area contributed by atoms with Crippen LogP contribution in [0.2, 0.25) is 10.0 Å². The highest BCUT2D eigenvalue weighted by Crippen LogP contribution is 2.37. The molecule has 0 spiro atoms. The van der Waals surface area contributed by atoms with E-state index < -0.39 is 11.7 Å². The largest absolute Gasteiger partial charge is 0.416 e. The van der Waals surface area contributed by atoms with Crippen LogP contribution in [0.3, 0.4) is 0 Å². The molecule has 0 radical (unpaired) electrons. The minimum atomic E-state index is -4.34. The zero-order chi connectivity index (χ0) is 15.6. The van der Waals surface area contributed by atoms with E-state index in [4.69, 9.17) is 23.2 Å². The molecule has 0 bridgehead atoms. The second kappa shape index (κ2) is 6.29. The van der Waals surface area contributed by atoms with E-state index in [0.29, 0.717) is 34.0 Å². The summed E-state index contributed by atoms with van der Waals surface area (Å²) in [5.41, 5.74) is 1.03. The van der Waals surface area contributed by atoms with Crippen molar-refractivity contribution in [1.29, 1.82) is 0 Å². The van der Waals surface area contributed by atoms with Crippen molar-refractivity contribution in [2.45, 2.75) is 25.9 Å². The van der Waals surface area contributed by atoms with E-state index in [1.54, 1.807) is 24.3 Å². The van der Waals surface area contributed by atoms with Crippen molar-refractivity contribution in [2.75, 3.05) is 0 Å². The monoisotopic (exact) mass is 332 g/mol. The molecular formula is C16H13Cl2F3. The van der Waals surface area contributed by atoms with Crippen molar-refractivity contribution in [3.05, 3.63) is 57.6 Å². The number of hydrogen-bond acceptors (Lipinski definition) is 0. The molecule has 0 amide bonds. The Morgan fingerprint density at radius 2 is 1.71 bits per heavy atom. The SMILES string of the molecule is CCCc1cc(-c2ccc(Cl)cc2Cl)ccc1C(F)(F)F. The highest BCUT2D eigenvalue weighted by atomic mass is 35.5. The fourth-order valence-electron chi connectivity index (χ4n) is 2.24. The second-order valence-corrected chi connectivity index (χ2v) is 5.59. The van der Waals surface area contributed by atoms with E-state index in [9.17, 15) is 13.2 Å². The molecule has 5 heteroatoms. The van der Waals surface area contributed by atoms with E-state index in [-0.39, 0.29) is 5.56 Å². The molecule has 0 unspecified atom stereocenters. The van der Waals surface area contributed by atoms with Gasteiger partial charge in [0.1, 0.15) is 0 Å². The number of benzene rings is 2. The molecule has 0 aliphatic carbocycles. The normalized spacial score (nSPS) is 11.7. The zero-order valence-electron chi connectivity index (χ0n) is 11.3. The van der Waals surface area contributed by atoms with Crippen molar-refractivity contribution in [3.63, 3.8) is 0 Å². The average Bonchev–Trinajstić information content (AvgIpc) is 2.37. The third kappa shape index (κ3) is 3.72. The summed E-state index contributed by atoms with van der Waals surface area (Å²) in [6.45, 7) is 1.85. The lowest BCUT2D eigenvalue weighted by Crippen LogP contribution is -2.09. The fraction of sp³-hybridized carbons (Fsp3) is 0.250. The van der Waals surface area contributed by atoms with Crippen LogP contribution in [-0.2, 0) is 12.6 Å². The Bertz CT molecular complexity index is 648. The summed E-state index contributed by atoms with van der Waals surface area (Å²) in [6.07, 6.45) is -3.33. The van der Waals surface area contributed by atoms with Crippen LogP contribution in [-0.4, -0.2) is 0 Å². The second-order valence-electron chi connectivity index (χ2n) is 4.74. The van der Waals surface area contributed by atoms with Crippen LogP contribution < -0.4 is 0 Å². The van der Waals surface area contributed by atoms with Crippen LogP contribution in [0.1, 0.15) is 24.5 Å². The van der Waals surface area contributed by atoms with Crippen molar-refractivity contribution in [2.24, 2.45) is 0 Å².